The zero-order valence-electron chi connectivity index (χ0n) is 9.05. The van der Waals surface area contributed by atoms with Crippen molar-refractivity contribution in [2.24, 2.45) is 11.1 Å². The highest BCUT2D eigenvalue weighted by Gasteiger charge is 2.21. The normalized spacial score (nSPS) is 25.4. The van der Waals surface area contributed by atoms with Gasteiger partial charge < -0.3 is 10.6 Å². The lowest BCUT2D eigenvalue weighted by atomic mass is 9.94. The maximum Gasteiger partial charge on any atom is 0.0168 e. The molecule has 0 aliphatic carbocycles. The van der Waals surface area contributed by atoms with E-state index in [1.165, 1.54) is 25.9 Å². The lowest BCUT2D eigenvalue weighted by Crippen LogP contribution is -2.45. The van der Waals surface area contributed by atoms with Gasteiger partial charge in [-0.25, -0.2) is 0 Å². The Hall–Kier alpha value is 0.210. The van der Waals surface area contributed by atoms with E-state index in [1.54, 1.807) is 0 Å². The van der Waals surface area contributed by atoms with Gasteiger partial charge in [-0.3, -0.25) is 0 Å². The highest BCUT2D eigenvalue weighted by atomic mass is 35.5. The first-order valence-electron chi connectivity index (χ1n) is 4.95. The van der Waals surface area contributed by atoms with Crippen molar-refractivity contribution < 1.29 is 0 Å². The molecule has 2 nitrogen and oxygen atoms in total. The van der Waals surface area contributed by atoms with Crippen molar-refractivity contribution >= 4 is 12.4 Å². The van der Waals surface area contributed by atoms with Gasteiger partial charge in [-0.1, -0.05) is 20.8 Å². The van der Waals surface area contributed by atoms with Crippen molar-refractivity contribution in [3.05, 3.63) is 0 Å². The fourth-order valence-electron chi connectivity index (χ4n) is 1.91. The summed E-state index contributed by atoms with van der Waals surface area (Å²) in [5.41, 5.74) is 6.32. The minimum Gasteiger partial charge on any atom is -0.327 e. The monoisotopic (exact) mass is 206 g/mol. The Balaban J connectivity index is 0.00000144. The number of halogens is 1. The van der Waals surface area contributed by atoms with Crippen LogP contribution in [0.3, 0.4) is 0 Å². The molecule has 0 unspecified atom stereocenters. The summed E-state index contributed by atoms with van der Waals surface area (Å²) in [6.45, 7) is 10.4. The average Bonchev–Trinajstić information content (AvgIpc) is 1.82. The molecule has 0 saturated carbocycles. The van der Waals surface area contributed by atoms with Gasteiger partial charge in [0.05, 0.1) is 0 Å². The fraction of sp³-hybridized carbons (Fsp3) is 1.00. The van der Waals surface area contributed by atoms with Gasteiger partial charge >= 0.3 is 0 Å². The first-order chi connectivity index (χ1) is 5.47. The molecule has 1 aliphatic rings. The Morgan fingerprint density at radius 1 is 1.38 bits per heavy atom. The predicted molar refractivity (Wildman–Crippen MR) is 60.4 cm³/mol. The maximum atomic E-state index is 5.90. The number of rotatable bonds is 1. The van der Waals surface area contributed by atoms with Crippen LogP contribution in [0.4, 0.5) is 0 Å². The second kappa shape index (κ2) is 5.18. The molecule has 0 spiro atoms. The molecule has 13 heavy (non-hydrogen) atoms. The molecule has 0 amide bonds. The minimum atomic E-state index is 0. The van der Waals surface area contributed by atoms with Gasteiger partial charge in [0.2, 0.25) is 0 Å². The van der Waals surface area contributed by atoms with E-state index in [0.29, 0.717) is 11.5 Å². The van der Waals surface area contributed by atoms with Crippen molar-refractivity contribution in [1.82, 2.24) is 4.90 Å². The van der Waals surface area contributed by atoms with E-state index in [0.717, 1.165) is 6.54 Å². The van der Waals surface area contributed by atoms with E-state index < -0.39 is 0 Å². The summed E-state index contributed by atoms with van der Waals surface area (Å²) in [4.78, 5) is 2.49. The summed E-state index contributed by atoms with van der Waals surface area (Å²) >= 11 is 0. The molecule has 1 saturated heterocycles. The summed E-state index contributed by atoms with van der Waals surface area (Å²) < 4.78 is 0. The molecular formula is C10H23ClN2. The molecule has 0 aromatic rings. The molecule has 1 aliphatic heterocycles. The molecule has 80 valence electrons. The Kier molecular flexibility index (Phi) is 5.26. The Morgan fingerprint density at radius 2 is 2.00 bits per heavy atom. The molecule has 2 N–H and O–H groups in total. The molecule has 0 radical (unpaired) electrons. The van der Waals surface area contributed by atoms with Crippen LogP contribution in [0.25, 0.3) is 0 Å². The van der Waals surface area contributed by atoms with Crippen molar-refractivity contribution in [2.45, 2.75) is 39.7 Å². The number of nitrogens with two attached hydrogens (primary N) is 1. The van der Waals surface area contributed by atoms with Crippen molar-refractivity contribution in [1.29, 1.82) is 0 Å². The number of hydrogen-bond acceptors (Lipinski definition) is 2. The zero-order chi connectivity index (χ0) is 9.19. The van der Waals surface area contributed by atoms with Crippen LogP contribution in [-0.2, 0) is 0 Å². The van der Waals surface area contributed by atoms with E-state index in [9.17, 15) is 0 Å². The summed E-state index contributed by atoms with van der Waals surface area (Å²) in [6, 6.07) is 0.418. The van der Waals surface area contributed by atoms with Crippen molar-refractivity contribution in [3.8, 4) is 0 Å². The molecular weight excluding hydrogens is 184 g/mol. The van der Waals surface area contributed by atoms with Gasteiger partial charge in [-0.05, 0) is 24.8 Å². The molecule has 0 aromatic heterocycles. The highest BCUT2D eigenvalue weighted by molar-refractivity contribution is 5.85. The van der Waals surface area contributed by atoms with Crippen LogP contribution in [0.2, 0.25) is 0 Å². The number of piperidine rings is 1. The van der Waals surface area contributed by atoms with Gasteiger partial charge in [0.25, 0.3) is 0 Å². The molecule has 1 fully saturated rings. The number of nitrogens with zero attached hydrogens (tertiary/aromatic N) is 1. The van der Waals surface area contributed by atoms with Crippen molar-refractivity contribution in [2.75, 3.05) is 19.6 Å². The molecule has 0 bridgehead atoms. The third-order valence-electron chi connectivity index (χ3n) is 2.24. The van der Waals surface area contributed by atoms with E-state index in [-0.39, 0.29) is 12.4 Å². The van der Waals surface area contributed by atoms with Gasteiger partial charge in [0.1, 0.15) is 0 Å². The lowest BCUT2D eigenvalue weighted by Gasteiger charge is -2.35. The third kappa shape index (κ3) is 5.50. The highest BCUT2D eigenvalue weighted by Crippen LogP contribution is 2.18. The summed E-state index contributed by atoms with van der Waals surface area (Å²) in [5, 5.41) is 0. The summed E-state index contributed by atoms with van der Waals surface area (Å²) in [6.07, 6.45) is 2.48. The third-order valence-corrected chi connectivity index (χ3v) is 2.24. The predicted octanol–water partition coefficient (Wildman–Crippen LogP) is 1.88. The van der Waals surface area contributed by atoms with Crippen LogP contribution in [0, 0.1) is 5.41 Å². The average molecular weight is 207 g/mol. The quantitative estimate of drug-likeness (QED) is 0.710. The van der Waals surface area contributed by atoms with Gasteiger partial charge in [-0.2, -0.15) is 0 Å². The van der Waals surface area contributed by atoms with E-state index in [1.807, 2.05) is 0 Å². The van der Waals surface area contributed by atoms with Crippen LogP contribution in [-0.4, -0.2) is 30.6 Å². The Bertz CT molecular complexity index is 142. The first kappa shape index (κ1) is 13.2. The van der Waals surface area contributed by atoms with E-state index in [2.05, 4.69) is 25.7 Å². The molecule has 1 rings (SSSR count). The summed E-state index contributed by atoms with van der Waals surface area (Å²) in [7, 11) is 0. The first-order valence-corrected chi connectivity index (χ1v) is 4.95. The van der Waals surface area contributed by atoms with Gasteiger partial charge in [0, 0.05) is 19.1 Å². The van der Waals surface area contributed by atoms with Gasteiger partial charge in [0.15, 0.2) is 0 Å². The molecule has 1 heterocycles. The van der Waals surface area contributed by atoms with Crippen LogP contribution in [0.15, 0.2) is 0 Å². The van der Waals surface area contributed by atoms with Crippen LogP contribution in [0.1, 0.15) is 33.6 Å². The smallest absolute Gasteiger partial charge is 0.0168 e. The Morgan fingerprint density at radius 3 is 2.46 bits per heavy atom. The molecule has 1 atom stereocenters. The van der Waals surface area contributed by atoms with Crippen molar-refractivity contribution in [3.63, 3.8) is 0 Å². The van der Waals surface area contributed by atoms with E-state index in [4.69, 9.17) is 5.73 Å². The zero-order valence-corrected chi connectivity index (χ0v) is 9.86. The SMILES string of the molecule is CC(C)(C)CN1CCC[C@@H](N)C1.Cl. The van der Waals surface area contributed by atoms with Crippen LogP contribution in [0.5, 0.6) is 0 Å². The largest absolute Gasteiger partial charge is 0.327 e. The molecule has 0 aromatic carbocycles. The fourth-order valence-corrected chi connectivity index (χ4v) is 1.91. The Labute approximate surface area is 88.3 Å². The molecule has 3 heteroatoms. The second-order valence-electron chi connectivity index (χ2n) is 5.20. The number of likely N-dealkylation sites (tertiary alicyclic amines) is 1. The second-order valence-corrected chi connectivity index (χ2v) is 5.20. The minimum absolute atomic E-state index is 0. The maximum absolute atomic E-state index is 5.90. The van der Waals surface area contributed by atoms with Crippen LogP contribution >= 0.6 is 12.4 Å². The van der Waals surface area contributed by atoms with E-state index >= 15 is 0 Å². The standard InChI is InChI=1S/C10H22N2.ClH/c1-10(2,3)8-12-6-4-5-9(11)7-12;/h9H,4-8,11H2,1-3H3;1H/t9-;/m1./s1. The number of hydrogen-bond donors (Lipinski definition) is 1. The summed E-state index contributed by atoms with van der Waals surface area (Å²) in [5.74, 6) is 0. The van der Waals surface area contributed by atoms with Crippen LogP contribution < -0.4 is 5.73 Å². The topological polar surface area (TPSA) is 29.3 Å². The lowest BCUT2D eigenvalue weighted by molar-refractivity contribution is 0.152. The van der Waals surface area contributed by atoms with Gasteiger partial charge in [-0.15, -0.1) is 12.4 Å².